The standard InChI is InChI=1S/C32H37N5O6S/c1-4-43-29-25-12-15-37(44(39,40)21-22-8-6-5-7-9-22)28(25)34-31(35-29)33-26-11-10-23(18-27(26)42-3)30(38)36-16-13-32(14-17-36)19-24(32)20-41-2/h5-12,15,18,24H,4,13-14,16-17,19-21H2,1-3H3,(H,33,34,35). The summed E-state index contributed by atoms with van der Waals surface area (Å²) in [5.74, 6) is 1.19. The number of hydrogen-bond donors (Lipinski definition) is 1. The summed E-state index contributed by atoms with van der Waals surface area (Å²) in [5, 5.41) is 3.62. The normalized spacial score (nSPS) is 17.5. The lowest BCUT2D eigenvalue weighted by Crippen LogP contribution is -2.39. The second-order valence-corrected chi connectivity index (χ2v) is 13.3. The molecular formula is C32H37N5O6S. The zero-order valence-electron chi connectivity index (χ0n) is 25.2. The van der Waals surface area contributed by atoms with Gasteiger partial charge in [0.2, 0.25) is 21.9 Å². The van der Waals surface area contributed by atoms with Gasteiger partial charge in [0.1, 0.15) is 5.75 Å². The van der Waals surface area contributed by atoms with Crippen LogP contribution < -0.4 is 14.8 Å². The first kappa shape index (κ1) is 29.9. The monoisotopic (exact) mass is 619 g/mol. The van der Waals surface area contributed by atoms with Crippen LogP contribution in [-0.2, 0) is 20.5 Å². The van der Waals surface area contributed by atoms with E-state index in [1.807, 2.05) is 17.9 Å². The molecular weight excluding hydrogens is 582 g/mol. The van der Waals surface area contributed by atoms with Crippen LogP contribution in [0, 0.1) is 11.3 Å². The average molecular weight is 620 g/mol. The Morgan fingerprint density at radius 1 is 1.07 bits per heavy atom. The molecule has 2 aromatic carbocycles. The highest BCUT2D eigenvalue weighted by Crippen LogP contribution is 2.59. The van der Waals surface area contributed by atoms with Gasteiger partial charge in [-0.25, -0.2) is 12.4 Å². The van der Waals surface area contributed by atoms with Crippen LogP contribution in [0.1, 0.15) is 42.1 Å². The molecule has 1 aliphatic carbocycles. The molecule has 1 amide bonds. The number of methoxy groups -OCH3 is 2. The first-order valence-corrected chi connectivity index (χ1v) is 16.4. The van der Waals surface area contributed by atoms with Gasteiger partial charge in [-0.3, -0.25) is 4.79 Å². The van der Waals surface area contributed by atoms with Crippen molar-refractivity contribution in [1.29, 1.82) is 0 Å². The van der Waals surface area contributed by atoms with E-state index in [-0.39, 0.29) is 29.1 Å². The first-order chi connectivity index (χ1) is 21.3. The molecule has 44 heavy (non-hydrogen) atoms. The topological polar surface area (TPSA) is 125 Å². The molecule has 0 radical (unpaired) electrons. The number of hydrogen-bond acceptors (Lipinski definition) is 9. The van der Waals surface area contributed by atoms with Crippen LogP contribution in [0.15, 0.2) is 60.8 Å². The van der Waals surface area contributed by atoms with E-state index in [9.17, 15) is 13.2 Å². The van der Waals surface area contributed by atoms with Crippen LogP contribution in [0.3, 0.4) is 0 Å². The minimum Gasteiger partial charge on any atom is -0.495 e. The Morgan fingerprint density at radius 2 is 1.84 bits per heavy atom. The molecule has 12 heteroatoms. The van der Waals surface area contributed by atoms with Gasteiger partial charge in [-0.1, -0.05) is 30.3 Å². The SMILES string of the molecule is CCOc1nc(Nc2ccc(C(=O)N3CCC4(CC3)CC4COC)cc2OC)nc2c1ccn2S(=O)(=O)Cc1ccccc1. The highest BCUT2D eigenvalue weighted by Gasteiger charge is 2.54. The van der Waals surface area contributed by atoms with Gasteiger partial charge in [-0.2, -0.15) is 9.97 Å². The predicted molar refractivity (Wildman–Crippen MR) is 167 cm³/mol. The molecule has 2 aromatic heterocycles. The molecule has 1 unspecified atom stereocenters. The van der Waals surface area contributed by atoms with Gasteiger partial charge in [0, 0.05) is 38.6 Å². The maximum atomic E-state index is 13.4. The van der Waals surface area contributed by atoms with Crippen molar-refractivity contribution in [1.82, 2.24) is 18.8 Å². The second-order valence-electron chi connectivity index (χ2n) is 11.4. The molecule has 232 valence electrons. The van der Waals surface area contributed by atoms with Crippen molar-refractivity contribution in [3.63, 3.8) is 0 Å². The molecule has 1 N–H and O–H groups in total. The van der Waals surface area contributed by atoms with E-state index < -0.39 is 10.0 Å². The molecule has 2 fully saturated rings. The van der Waals surface area contributed by atoms with Crippen molar-refractivity contribution in [2.75, 3.05) is 45.8 Å². The van der Waals surface area contributed by atoms with Crippen LogP contribution in [0.4, 0.5) is 11.6 Å². The number of amides is 1. The van der Waals surface area contributed by atoms with E-state index in [0.717, 1.165) is 36.5 Å². The molecule has 3 heterocycles. The van der Waals surface area contributed by atoms with E-state index in [2.05, 4.69) is 15.3 Å². The molecule has 1 spiro atoms. The maximum Gasteiger partial charge on any atom is 0.253 e. The number of ether oxygens (including phenoxy) is 3. The number of carbonyl (C=O) groups excluding carboxylic acids is 1. The number of rotatable bonds is 11. The summed E-state index contributed by atoms with van der Waals surface area (Å²) in [7, 11) is -0.525. The predicted octanol–water partition coefficient (Wildman–Crippen LogP) is 4.85. The Hall–Kier alpha value is -4.16. The van der Waals surface area contributed by atoms with E-state index in [1.54, 1.807) is 55.6 Å². The average Bonchev–Trinajstić information content (AvgIpc) is 3.47. The van der Waals surface area contributed by atoms with Crippen molar-refractivity contribution in [2.45, 2.75) is 31.9 Å². The Balaban J connectivity index is 1.24. The number of piperidine rings is 1. The smallest absolute Gasteiger partial charge is 0.253 e. The van der Waals surface area contributed by atoms with Crippen molar-refractivity contribution >= 4 is 38.6 Å². The summed E-state index contributed by atoms with van der Waals surface area (Å²) in [5.41, 5.74) is 2.24. The summed E-state index contributed by atoms with van der Waals surface area (Å²) in [6, 6.07) is 15.8. The molecule has 1 saturated carbocycles. The Bertz CT molecular complexity index is 1770. The number of anilines is 2. The highest BCUT2D eigenvalue weighted by molar-refractivity contribution is 7.89. The third kappa shape index (κ3) is 5.83. The zero-order chi connectivity index (χ0) is 30.9. The van der Waals surface area contributed by atoms with Gasteiger partial charge in [-0.05, 0) is 67.3 Å². The van der Waals surface area contributed by atoms with Gasteiger partial charge >= 0.3 is 0 Å². The number of benzene rings is 2. The molecule has 0 bridgehead atoms. The lowest BCUT2D eigenvalue weighted by Gasteiger charge is -2.33. The Labute approximate surface area is 257 Å². The summed E-state index contributed by atoms with van der Waals surface area (Å²) in [6.45, 7) is 4.40. The Morgan fingerprint density at radius 3 is 2.55 bits per heavy atom. The Kier molecular flexibility index (Phi) is 8.21. The van der Waals surface area contributed by atoms with Crippen LogP contribution in [0.2, 0.25) is 0 Å². The number of fused-ring (bicyclic) bond motifs is 1. The molecule has 11 nitrogen and oxygen atoms in total. The van der Waals surface area contributed by atoms with Crippen molar-refractivity contribution in [3.05, 3.63) is 71.9 Å². The van der Waals surface area contributed by atoms with Crippen LogP contribution in [0.5, 0.6) is 11.6 Å². The van der Waals surface area contributed by atoms with Crippen molar-refractivity contribution in [2.24, 2.45) is 11.3 Å². The van der Waals surface area contributed by atoms with E-state index >= 15 is 0 Å². The summed E-state index contributed by atoms with van der Waals surface area (Å²) < 4.78 is 44.7. The fourth-order valence-electron chi connectivity index (χ4n) is 6.21. The largest absolute Gasteiger partial charge is 0.495 e. The van der Waals surface area contributed by atoms with Crippen LogP contribution >= 0.6 is 0 Å². The molecule has 1 saturated heterocycles. The van der Waals surface area contributed by atoms with Crippen LogP contribution in [-0.4, -0.2) is 73.7 Å². The number of nitrogens with zero attached hydrogens (tertiary/aromatic N) is 4. The molecule has 2 aliphatic rings. The van der Waals surface area contributed by atoms with Gasteiger partial charge in [0.25, 0.3) is 5.91 Å². The molecule has 1 aliphatic heterocycles. The van der Waals surface area contributed by atoms with Gasteiger partial charge in [-0.15, -0.1) is 0 Å². The molecule has 1 atom stereocenters. The highest BCUT2D eigenvalue weighted by atomic mass is 32.2. The lowest BCUT2D eigenvalue weighted by atomic mass is 9.90. The van der Waals surface area contributed by atoms with E-state index in [0.29, 0.717) is 45.9 Å². The fraction of sp³-hybridized carbons (Fsp3) is 0.406. The summed E-state index contributed by atoms with van der Waals surface area (Å²) in [6.07, 6.45) is 4.64. The zero-order valence-corrected chi connectivity index (χ0v) is 26.0. The van der Waals surface area contributed by atoms with Gasteiger partial charge in [0.15, 0.2) is 5.65 Å². The quantitative estimate of drug-likeness (QED) is 0.251. The fourth-order valence-corrected chi connectivity index (χ4v) is 7.61. The summed E-state index contributed by atoms with van der Waals surface area (Å²) in [4.78, 5) is 24.4. The second kappa shape index (κ2) is 12.1. The van der Waals surface area contributed by atoms with Crippen molar-refractivity contribution < 1.29 is 27.4 Å². The molecule has 6 rings (SSSR count). The van der Waals surface area contributed by atoms with Gasteiger partial charge in [0.05, 0.1) is 30.5 Å². The van der Waals surface area contributed by atoms with E-state index in [4.69, 9.17) is 14.2 Å². The number of aromatic nitrogens is 3. The first-order valence-electron chi connectivity index (χ1n) is 14.8. The summed E-state index contributed by atoms with van der Waals surface area (Å²) >= 11 is 0. The lowest BCUT2D eigenvalue weighted by molar-refractivity contribution is 0.0652. The number of nitrogens with one attached hydrogen (secondary N) is 1. The van der Waals surface area contributed by atoms with Crippen LogP contribution in [0.25, 0.3) is 11.0 Å². The third-order valence-corrected chi connectivity index (χ3v) is 10.3. The number of likely N-dealkylation sites (tertiary alicyclic amines) is 1. The van der Waals surface area contributed by atoms with Gasteiger partial charge < -0.3 is 24.4 Å². The third-order valence-electron chi connectivity index (χ3n) is 8.72. The minimum absolute atomic E-state index is 0.0357. The maximum absolute atomic E-state index is 13.4. The number of carbonyl (C=O) groups is 1. The van der Waals surface area contributed by atoms with E-state index in [1.165, 1.54) is 19.7 Å². The van der Waals surface area contributed by atoms with Crippen molar-refractivity contribution in [3.8, 4) is 11.6 Å². The molecule has 4 aromatic rings. The minimum atomic E-state index is -3.80.